The molecular formula is C46H60N4O4S2. The number of nitrogens with zero attached hydrogens (tertiary/aromatic N) is 2. The quantitative estimate of drug-likeness (QED) is 0.132. The first kappa shape index (κ1) is 40.5. The van der Waals surface area contributed by atoms with Gasteiger partial charge in [-0.15, -0.1) is 0 Å². The molecule has 2 aliphatic carbocycles. The summed E-state index contributed by atoms with van der Waals surface area (Å²) in [5, 5.41) is 0. The lowest BCUT2D eigenvalue weighted by molar-refractivity contribution is 0.320. The summed E-state index contributed by atoms with van der Waals surface area (Å²) in [6, 6.07) is 30.1. The van der Waals surface area contributed by atoms with Gasteiger partial charge in [0, 0.05) is 37.6 Å². The number of nitrogens with one attached hydrogen (secondary N) is 2. The van der Waals surface area contributed by atoms with E-state index >= 15 is 0 Å². The van der Waals surface area contributed by atoms with Gasteiger partial charge in [0.1, 0.15) is 0 Å². The number of benzene rings is 4. The van der Waals surface area contributed by atoms with E-state index in [2.05, 4.69) is 71.2 Å². The SMILES string of the molecule is CC(C)c1ccc(S(=O)(=O)Nc2ccc([C@@H]3CCN(CC4CC4)C3)cc2)cc1.CC(C)c1ccc(S(=O)(=O)Nc2ccc([C@@H]3CCN(CC4CC4)C3)cc2)cc1. The molecule has 2 saturated heterocycles. The highest BCUT2D eigenvalue weighted by Gasteiger charge is 2.31. The van der Waals surface area contributed by atoms with Crippen molar-refractivity contribution in [3.63, 3.8) is 0 Å². The van der Waals surface area contributed by atoms with Crippen molar-refractivity contribution in [1.82, 2.24) is 9.80 Å². The highest BCUT2D eigenvalue weighted by atomic mass is 32.2. The number of hydrogen-bond donors (Lipinski definition) is 2. The summed E-state index contributed by atoms with van der Waals surface area (Å²) in [6.07, 6.45) is 7.98. The lowest BCUT2D eigenvalue weighted by atomic mass is 9.98. The number of rotatable bonds is 14. The Morgan fingerprint density at radius 2 is 0.839 bits per heavy atom. The Labute approximate surface area is 336 Å². The van der Waals surface area contributed by atoms with Gasteiger partial charge in [0.15, 0.2) is 0 Å². The van der Waals surface area contributed by atoms with E-state index in [4.69, 9.17) is 0 Å². The van der Waals surface area contributed by atoms with Crippen LogP contribution in [0.5, 0.6) is 0 Å². The van der Waals surface area contributed by atoms with Gasteiger partial charge in [0.25, 0.3) is 20.0 Å². The van der Waals surface area contributed by atoms with Crippen molar-refractivity contribution in [2.75, 3.05) is 48.7 Å². The maximum absolute atomic E-state index is 12.7. The van der Waals surface area contributed by atoms with Crippen LogP contribution in [-0.2, 0) is 20.0 Å². The van der Waals surface area contributed by atoms with E-state index in [1.54, 1.807) is 24.3 Å². The van der Waals surface area contributed by atoms with E-state index in [0.717, 1.165) is 36.1 Å². The monoisotopic (exact) mass is 796 g/mol. The molecule has 0 spiro atoms. The topological polar surface area (TPSA) is 98.8 Å². The fraction of sp³-hybridized carbons (Fsp3) is 0.478. The van der Waals surface area contributed by atoms with Crippen molar-refractivity contribution in [3.05, 3.63) is 119 Å². The Morgan fingerprint density at radius 1 is 0.500 bits per heavy atom. The van der Waals surface area contributed by atoms with Crippen LogP contribution in [0.2, 0.25) is 0 Å². The first-order chi connectivity index (χ1) is 26.8. The molecule has 4 aromatic carbocycles. The molecular weight excluding hydrogens is 737 g/mol. The van der Waals surface area contributed by atoms with E-state index < -0.39 is 20.0 Å². The van der Waals surface area contributed by atoms with Crippen LogP contribution in [0, 0.1) is 11.8 Å². The van der Waals surface area contributed by atoms with Gasteiger partial charge in [0.2, 0.25) is 0 Å². The maximum atomic E-state index is 12.7. The predicted octanol–water partition coefficient (Wildman–Crippen LogP) is 9.62. The van der Waals surface area contributed by atoms with Gasteiger partial charge in [-0.1, -0.05) is 76.2 Å². The minimum atomic E-state index is -3.56. The Morgan fingerprint density at radius 3 is 1.14 bits per heavy atom. The summed E-state index contributed by atoms with van der Waals surface area (Å²) in [5.41, 5.74) is 6.12. The second-order valence-electron chi connectivity index (χ2n) is 17.3. The molecule has 0 radical (unpaired) electrons. The molecule has 0 unspecified atom stereocenters. The molecule has 0 bridgehead atoms. The van der Waals surface area contributed by atoms with E-state index in [0.29, 0.717) is 44.8 Å². The minimum Gasteiger partial charge on any atom is -0.302 e. The van der Waals surface area contributed by atoms with Gasteiger partial charge >= 0.3 is 0 Å². The first-order valence-electron chi connectivity index (χ1n) is 20.7. The van der Waals surface area contributed by atoms with Crippen molar-refractivity contribution in [2.45, 2.75) is 99.7 Å². The largest absolute Gasteiger partial charge is 0.302 e. The van der Waals surface area contributed by atoms with Crippen LogP contribution in [0.15, 0.2) is 107 Å². The molecule has 8 nitrogen and oxygen atoms in total. The zero-order valence-electron chi connectivity index (χ0n) is 33.5. The molecule has 4 aliphatic rings. The molecule has 0 amide bonds. The van der Waals surface area contributed by atoms with Crippen LogP contribution < -0.4 is 9.44 Å². The lowest BCUT2D eigenvalue weighted by Crippen LogP contribution is -2.22. The summed E-state index contributed by atoms with van der Waals surface area (Å²) < 4.78 is 56.0. The third-order valence-corrected chi connectivity index (χ3v) is 14.7. The molecule has 4 fully saturated rings. The van der Waals surface area contributed by atoms with Crippen molar-refractivity contribution >= 4 is 31.4 Å². The molecule has 2 aliphatic heterocycles. The van der Waals surface area contributed by atoms with Crippen molar-refractivity contribution in [3.8, 4) is 0 Å². The fourth-order valence-corrected chi connectivity index (χ4v) is 10.1. The Hall–Kier alpha value is -3.70. The second-order valence-corrected chi connectivity index (χ2v) is 20.6. The Kier molecular flexibility index (Phi) is 12.6. The smallest absolute Gasteiger partial charge is 0.261 e. The summed E-state index contributed by atoms with van der Waals surface area (Å²) in [7, 11) is -7.12. The van der Waals surface area contributed by atoms with Crippen LogP contribution in [-0.4, -0.2) is 65.9 Å². The zero-order valence-corrected chi connectivity index (χ0v) is 35.2. The number of hydrogen-bond acceptors (Lipinski definition) is 6. The molecule has 56 heavy (non-hydrogen) atoms. The van der Waals surface area contributed by atoms with Gasteiger partial charge in [-0.05, 0) is 158 Å². The van der Waals surface area contributed by atoms with Crippen molar-refractivity contribution < 1.29 is 16.8 Å². The van der Waals surface area contributed by atoms with Crippen molar-refractivity contribution in [1.29, 1.82) is 0 Å². The Balaban J connectivity index is 0.000000172. The van der Waals surface area contributed by atoms with Gasteiger partial charge in [0.05, 0.1) is 9.79 Å². The van der Waals surface area contributed by atoms with Gasteiger partial charge in [-0.25, -0.2) is 16.8 Å². The normalized spacial score (nSPS) is 20.6. The van der Waals surface area contributed by atoms with E-state index in [9.17, 15) is 16.8 Å². The van der Waals surface area contributed by atoms with Crippen LogP contribution in [0.25, 0.3) is 0 Å². The molecule has 2 heterocycles. The van der Waals surface area contributed by atoms with Crippen LogP contribution in [0.4, 0.5) is 11.4 Å². The van der Waals surface area contributed by atoms with Crippen LogP contribution in [0.1, 0.15) is 112 Å². The van der Waals surface area contributed by atoms with Crippen LogP contribution >= 0.6 is 0 Å². The molecule has 2 saturated carbocycles. The average molecular weight is 797 g/mol. The van der Waals surface area contributed by atoms with E-state index in [1.807, 2.05) is 48.5 Å². The van der Waals surface area contributed by atoms with Gasteiger partial charge in [-0.2, -0.15) is 0 Å². The maximum Gasteiger partial charge on any atom is 0.261 e. The number of likely N-dealkylation sites (tertiary alicyclic amines) is 2. The number of anilines is 2. The molecule has 8 rings (SSSR count). The van der Waals surface area contributed by atoms with Crippen molar-refractivity contribution in [2.24, 2.45) is 11.8 Å². The molecule has 2 atom stereocenters. The third kappa shape index (κ3) is 10.8. The van der Waals surface area contributed by atoms with Crippen LogP contribution in [0.3, 0.4) is 0 Å². The highest BCUT2D eigenvalue weighted by molar-refractivity contribution is 7.93. The predicted molar refractivity (Wildman–Crippen MR) is 229 cm³/mol. The van der Waals surface area contributed by atoms with Gasteiger partial charge < -0.3 is 9.80 Å². The van der Waals surface area contributed by atoms with E-state index in [1.165, 1.54) is 75.8 Å². The van der Waals surface area contributed by atoms with E-state index in [-0.39, 0.29) is 0 Å². The molecule has 4 aromatic rings. The third-order valence-electron chi connectivity index (χ3n) is 12.0. The summed E-state index contributed by atoms with van der Waals surface area (Å²) >= 11 is 0. The minimum absolute atomic E-state index is 0.299. The fourth-order valence-electron chi connectivity index (χ4n) is 8.01. The molecule has 10 heteroatoms. The molecule has 0 aromatic heterocycles. The summed E-state index contributed by atoms with van der Waals surface area (Å²) in [6.45, 7) is 15.5. The first-order valence-corrected chi connectivity index (χ1v) is 23.7. The summed E-state index contributed by atoms with van der Waals surface area (Å²) in [4.78, 5) is 5.76. The van der Waals surface area contributed by atoms with Gasteiger partial charge in [-0.3, -0.25) is 9.44 Å². The number of sulfonamides is 2. The standard InChI is InChI=1S/2C23H30N2O2S/c2*1-17(2)19-7-11-23(12-8-19)28(26,27)24-22-9-5-20(6-10-22)21-13-14-25(16-21)15-18-3-4-18/h2*5-12,17-18,21,24H,3-4,13-16H2,1-2H3/t2*21-/m11/s1. The zero-order chi connectivity index (χ0) is 39.5. The average Bonchev–Trinajstić information content (AvgIpc) is 4.09. The Bertz CT molecular complexity index is 1960. The lowest BCUT2D eigenvalue weighted by Gasteiger charge is -2.16. The molecule has 2 N–H and O–H groups in total. The highest BCUT2D eigenvalue weighted by Crippen LogP contribution is 2.36. The second kappa shape index (κ2) is 17.4. The summed E-state index contributed by atoms with van der Waals surface area (Å²) in [5.74, 6) is 3.76. The molecule has 300 valence electrons.